The Balaban J connectivity index is 2.07. The fourth-order valence-electron chi connectivity index (χ4n) is 2.99. The van der Waals surface area contributed by atoms with E-state index in [0.29, 0.717) is 5.92 Å². The molecule has 1 fully saturated rings. The molecule has 2 atom stereocenters. The average Bonchev–Trinajstić information content (AvgIpc) is 2.39. The second-order valence-corrected chi connectivity index (χ2v) is 5.48. The third-order valence-electron chi connectivity index (χ3n) is 4.06. The van der Waals surface area contributed by atoms with Crippen LogP contribution in [0.1, 0.15) is 31.4 Å². The molecule has 1 saturated heterocycles. The number of phenolic OH excluding ortho intramolecular Hbond substituents is 2. The molecule has 3 N–H and O–H groups in total. The van der Waals surface area contributed by atoms with Gasteiger partial charge in [-0.15, -0.1) is 0 Å². The largest absolute Gasteiger partial charge is 0.508 e. The van der Waals surface area contributed by atoms with Gasteiger partial charge >= 0.3 is 0 Å². The van der Waals surface area contributed by atoms with Crippen molar-refractivity contribution in [1.82, 2.24) is 10.2 Å². The summed E-state index contributed by atoms with van der Waals surface area (Å²) in [5.74, 6) is 0.976. The maximum Gasteiger partial charge on any atom is 0.124 e. The molecule has 0 radical (unpaired) electrons. The number of phenols is 2. The van der Waals surface area contributed by atoms with Gasteiger partial charge in [-0.2, -0.15) is 0 Å². The van der Waals surface area contributed by atoms with Gasteiger partial charge in [-0.05, 0) is 51.9 Å². The predicted octanol–water partition coefficient (Wildman–Crippen LogP) is 2.09. The minimum Gasteiger partial charge on any atom is -0.508 e. The Morgan fingerprint density at radius 1 is 1.42 bits per heavy atom. The highest BCUT2D eigenvalue weighted by molar-refractivity contribution is 5.40. The molecule has 0 spiro atoms. The van der Waals surface area contributed by atoms with E-state index in [1.54, 1.807) is 6.07 Å². The van der Waals surface area contributed by atoms with Crippen LogP contribution >= 0.6 is 0 Å². The fraction of sp³-hybridized carbons (Fsp3) is 0.600. The zero-order valence-electron chi connectivity index (χ0n) is 11.8. The Morgan fingerprint density at radius 2 is 2.21 bits per heavy atom. The Hall–Kier alpha value is -1.26. The van der Waals surface area contributed by atoms with Gasteiger partial charge in [0.1, 0.15) is 11.5 Å². The maximum absolute atomic E-state index is 9.96. The first kappa shape index (κ1) is 14.2. The van der Waals surface area contributed by atoms with Crippen LogP contribution in [0, 0.1) is 5.92 Å². The number of nitrogens with one attached hydrogen (secondary N) is 1. The normalized spacial score (nSPS) is 22.3. The zero-order chi connectivity index (χ0) is 13.8. The summed E-state index contributed by atoms with van der Waals surface area (Å²) in [6, 6.07) is 5.05. The van der Waals surface area contributed by atoms with Gasteiger partial charge in [0.15, 0.2) is 0 Å². The summed E-state index contributed by atoms with van der Waals surface area (Å²) in [7, 11) is 1.99. The maximum atomic E-state index is 9.96. The Labute approximate surface area is 115 Å². The topological polar surface area (TPSA) is 55.7 Å². The summed E-state index contributed by atoms with van der Waals surface area (Å²) in [4.78, 5) is 2.41. The summed E-state index contributed by atoms with van der Waals surface area (Å²) in [5, 5.41) is 22.6. The monoisotopic (exact) mass is 264 g/mol. The molecular formula is C15H24N2O2. The van der Waals surface area contributed by atoms with E-state index >= 15 is 0 Å². The molecule has 2 unspecified atom stereocenters. The van der Waals surface area contributed by atoms with Crippen molar-refractivity contribution in [1.29, 1.82) is 0 Å². The Bertz CT molecular complexity index is 421. The van der Waals surface area contributed by atoms with Crippen LogP contribution in [0.4, 0.5) is 0 Å². The van der Waals surface area contributed by atoms with E-state index in [9.17, 15) is 10.2 Å². The van der Waals surface area contributed by atoms with Crippen LogP contribution in [-0.4, -0.2) is 41.8 Å². The van der Waals surface area contributed by atoms with Crippen LogP contribution in [0.15, 0.2) is 18.2 Å². The SMILES string of the molecule is CNCC1CCCN(C(C)c2ccc(O)cc2O)C1. The van der Waals surface area contributed by atoms with E-state index in [-0.39, 0.29) is 17.5 Å². The molecule has 1 aromatic carbocycles. The first-order valence-electron chi connectivity index (χ1n) is 7.02. The second-order valence-electron chi connectivity index (χ2n) is 5.48. The summed E-state index contributed by atoms with van der Waals surface area (Å²) in [6.07, 6.45) is 2.47. The molecule has 106 valence electrons. The van der Waals surface area contributed by atoms with Crippen molar-refractivity contribution in [3.05, 3.63) is 23.8 Å². The molecule has 0 aliphatic carbocycles. The summed E-state index contributed by atoms with van der Waals surface area (Å²) >= 11 is 0. The lowest BCUT2D eigenvalue weighted by atomic mass is 9.95. The second kappa shape index (κ2) is 6.26. The third kappa shape index (κ3) is 3.39. The lowest BCUT2D eigenvalue weighted by Gasteiger charge is -2.37. The minimum absolute atomic E-state index is 0.111. The molecule has 0 bridgehead atoms. The van der Waals surface area contributed by atoms with Crippen LogP contribution in [0.3, 0.4) is 0 Å². The van der Waals surface area contributed by atoms with Crippen molar-refractivity contribution in [3.8, 4) is 11.5 Å². The molecule has 4 nitrogen and oxygen atoms in total. The number of hydrogen-bond acceptors (Lipinski definition) is 4. The molecule has 1 aliphatic rings. The molecular weight excluding hydrogens is 240 g/mol. The lowest BCUT2D eigenvalue weighted by molar-refractivity contribution is 0.130. The summed E-state index contributed by atoms with van der Waals surface area (Å²) < 4.78 is 0. The molecule has 4 heteroatoms. The molecule has 1 heterocycles. The van der Waals surface area contributed by atoms with Gasteiger partial charge in [-0.25, -0.2) is 0 Å². The van der Waals surface area contributed by atoms with Crippen molar-refractivity contribution in [3.63, 3.8) is 0 Å². The number of aromatic hydroxyl groups is 2. The number of rotatable bonds is 4. The van der Waals surface area contributed by atoms with Gasteiger partial charge in [0, 0.05) is 24.2 Å². The number of hydrogen-bond donors (Lipinski definition) is 3. The van der Waals surface area contributed by atoms with E-state index in [0.717, 1.165) is 25.2 Å². The van der Waals surface area contributed by atoms with Crippen molar-refractivity contribution in [2.24, 2.45) is 5.92 Å². The first-order chi connectivity index (χ1) is 9.11. The molecule has 0 aromatic heterocycles. The highest BCUT2D eigenvalue weighted by atomic mass is 16.3. The van der Waals surface area contributed by atoms with Crippen LogP contribution in [-0.2, 0) is 0 Å². The van der Waals surface area contributed by atoms with E-state index in [4.69, 9.17) is 0 Å². The van der Waals surface area contributed by atoms with Gasteiger partial charge in [0.25, 0.3) is 0 Å². The van der Waals surface area contributed by atoms with Crippen LogP contribution < -0.4 is 5.32 Å². The number of piperidine rings is 1. The van der Waals surface area contributed by atoms with E-state index in [1.807, 2.05) is 13.1 Å². The highest BCUT2D eigenvalue weighted by Crippen LogP contribution is 2.33. The summed E-state index contributed by atoms with van der Waals surface area (Å²) in [6.45, 7) is 5.29. The van der Waals surface area contributed by atoms with Crippen LogP contribution in [0.5, 0.6) is 11.5 Å². The third-order valence-corrected chi connectivity index (χ3v) is 4.06. The van der Waals surface area contributed by atoms with Crippen LogP contribution in [0.25, 0.3) is 0 Å². The number of nitrogens with zero attached hydrogens (tertiary/aromatic N) is 1. The van der Waals surface area contributed by atoms with Gasteiger partial charge in [0.05, 0.1) is 0 Å². The molecule has 19 heavy (non-hydrogen) atoms. The van der Waals surface area contributed by atoms with Gasteiger partial charge < -0.3 is 15.5 Å². The Morgan fingerprint density at radius 3 is 2.89 bits per heavy atom. The summed E-state index contributed by atoms with van der Waals surface area (Å²) in [5.41, 5.74) is 0.892. The van der Waals surface area contributed by atoms with Crippen molar-refractivity contribution < 1.29 is 10.2 Å². The van der Waals surface area contributed by atoms with Crippen LogP contribution in [0.2, 0.25) is 0 Å². The molecule has 2 rings (SSSR count). The van der Waals surface area contributed by atoms with Crippen molar-refractivity contribution in [2.45, 2.75) is 25.8 Å². The van der Waals surface area contributed by atoms with Gasteiger partial charge in [-0.1, -0.05) is 6.07 Å². The smallest absolute Gasteiger partial charge is 0.124 e. The molecule has 1 aliphatic heterocycles. The van der Waals surface area contributed by atoms with Gasteiger partial charge in [0.2, 0.25) is 0 Å². The van der Waals surface area contributed by atoms with E-state index in [1.165, 1.54) is 18.9 Å². The van der Waals surface area contributed by atoms with Gasteiger partial charge in [-0.3, -0.25) is 4.90 Å². The Kier molecular flexibility index (Phi) is 4.66. The highest BCUT2D eigenvalue weighted by Gasteiger charge is 2.25. The zero-order valence-corrected chi connectivity index (χ0v) is 11.8. The lowest BCUT2D eigenvalue weighted by Crippen LogP contribution is -2.40. The number of likely N-dealkylation sites (tertiary alicyclic amines) is 1. The first-order valence-corrected chi connectivity index (χ1v) is 7.02. The minimum atomic E-state index is 0.111. The van der Waals surface area contributed by atoms with Crippen molar-refractivity contribution >= 4 is 0 Å². The predicted molar refractivity (Wildman–Crippen MR) is 76.4 cm³/mol. The average molecular weight is 264 g/mol. The number of benzene rings is 1. The molecule has 0 amide bonds. The molecule has 1 aromatic rings. The van der Waals surface area contributed by atoms with E-state index < -0.39 is 0 Å². The van der Waals surface area contributed by atoms with Crippen molar-refractivity contribution in [2.75, 3.05) is 26.7 Å². The fourth-order valence-corrected chi connectivity index (χ4v) is 2.99. The standard InChI is InChI=1S/C15H24N2O2/c1-11(14-6-5-13(18)8-15(14)19)17-7-3-4-12(10-17)9-16-2/h5-6,8,11-12,16,18-19H,3-4,7,9-10H2,1-2H3. The molecule has 0 saturated carbocycles. The van der Waals surface area contributed by atoms with E-state index in [2.05, 4.69) is 17.1 Å². The quantitative estimate of drug-likeness (QED) is 0.779.